The highest BCUT2D eigenvalue weighted by Crippen LogP contribution is 2.25. The quantitative estimate of drug-likeness (QED) is 0.496. The number of thioether (sulfide) groups is 1. The minimum atomic E-state index is -0.376. The van der Waals surface area contributed by atoms with Crippen LogP contribution in [0.5, 0.6) is 0 Å². The molecule has 2 aromatic rings. The lowest BCUT2D eigenvalue weighted by molar-refractivity contribution is -0.113. The summed E-state index contributed by atoms with van der Waals surface area (Å²) in [5, 5.41) is 14.9. The van der Waals surface area contributed by atoms with Crippen LogP contribution in [0.2, 0.25) is 0 Å². The number of nitrogens with zero attached hydrogens (tertiary/aromatic N) is 2. The van der Waals surface area contributed by atoms with Gasteiger partial charge in [-0.25, -0.2) is 4.79 Å². The number of amides is 1. The number of hydrogen-bond donors (Lipinski definition) is 2. The highest BCUT2D eigenvalue weighted by Gasteiger charge is 2.10. The van der Waals surface area contributed by atoms with Crippen molar-refractivity contribution in [2.75, 3.05) is 29.5 Å². The van der Waals surface area contributed by atoms with Gasteiger partial charge in [0.1, 0.15) is 0 Å². The van der Waals surface area contributed by atoms with Gasteiger partial charge in [0.2, 0.25) is 11.0 Å². The Morgan fingerprint density at radius 2 is 1.96 bits per heavy atom. The number of carbonyl (C=O) groups excluding carboxylic acids is 2. The minimum Gasteiger partial charge on any atom is -0.462 e. The van der Waals surface area contributed by atoms with E-state index < -0.39 is 0 Å². The summed E-state index contributed by atoms with van der Waals surface area (Å²) in [7, 11) is 0. The molecular formula is C17H22N4O3S2. The highest BCUT2D eigenvalue weighted by molar-refractivity contribution is 8.01. The molecule has 1 heterocycles. The van der Waals surface area contributed by atoms with E-state index in [4.69, 9.17) is 4.74 Å². The molecule has 0 fully saturated rings. The summed E-state index contributed by atoms with van der Waals surface area (Å²) in [6, 6.07) is 6.59. The van der Waals surface area contributed by atoms with Gasteiger partial charge < -0.3 is 15.4 Å². The van der Waals surface area contributed by atoms with Crippen LogP contribution in [-0.4, -0.2) is 41.0 Å². The SMILES string of the molecule is CCOC(=O)c1ccc(NC(=O)CSc2nnc(NCC(C)C)s2)cc1. The predicted octanol–water partition coefficient (Wildman–Crippen LogP) is 3.51. The van der Waals surface area contributed by atoms with Crippen molar-refractivity contribution in [3.8, 4) is 0 Å². The van der Waals surface area contributed by atoms with Gasteiger partial charge in [-0.3, -0.25) is 4.79 Å². The van der Waals surface area contributed by atoms with Crippen LogP contribution < -0.4 is 10.6 Å². The second-order valence-electron chi connectivity index (χ2n) is 5.78. The zero-order valence-electron chi connectivity index (χ0n) is 14.9. The summed E-state index contributed by atoms with van der Waals surface area (Å²) in [6.45, 7) is 7.16. The van der Waals surface area contributed by atoms with Gasteiger partial charge in [0.25, 0.3) is 0 Å². The fraction of sp³-hybridized carbons (Fsp3) is 0.412. The Hall–Kier alpha value is -2.13. The molecule has 1 amide bonds. The van der Waals surface area contributed by atoms with E-state index in [2.05, 4.69) is 34.7 Å². The third-order valence-corrected chi connectivity index (χ3v) is 5.09. The van der Waals surface area contributed by atoms with E-state index in [1.54, 1.807) is 31.2 Å². The van der Waals surface area contributed by atoms with Crippen molar-refractivity contribution in [2.45, 2.75) is 25.1 Å². The molecule has 0 atom stereocenters. The molecule has 0 spiro atoms. The average molecular weight is 395 g/mol. The predicted molar refractivity (Wildman–Crippen MR) is 105 cm³/mol. The van der Waals surface area contributed by atoms with Gasteiger partial charge in [0, 0.05) is 12.2 Å². The second-order valence-corrected chi connectivity index (χ2v) is 7.98. The van der Waals surface area contributed by atoms with Crippen molar-refractivity contribution >= 4 is 45.8 Å². The molecule has 0 aliphatic carbocycles. The van der Waals surface area contributed by atoms with Gasteiger partial charge in [0.15, 0.2) is 4.34 Å². The molecule has 2 N–H and O–H groups in total. The Kier molecular flexibility index (Phi) is 7.86. The van der Waals surface area contributed by atoms with Gasteiger partial charge in [0.05, 0.1) is 17.9 Å². The maximum Gasteiger partial charge on any atom is 0.338 e. The molecule has 0 radical (unpaired) electrons. The largest absolute Gasteiger partial charge is 0.462 e. The summed E-state index contributed by atoms with van der Waals surface area (Å²) in [6.07, 6.45) is 0. The number of benzene rings is 1. The van der Waals surface area contributed by atoms with Crippen LogP contribution in [0.3, 0.4) is 0 Å². The zero-order chi connectivity index (χ0) is 18.9. The lowest BCUT2D eigenvalue weighted by Gasteiger charge is -2.06. The molecule has 1 aromatic carbocycles. The summed E-state index contributed by atoms with van der Waals surface area (Å²) in [5.74, 6) is 0.235. The smallest absolute Gasteiger partial charge is 0.338 e. The topological polar surface area (TPSA) is 93.2 Å². The molecule has 26 heavy (non-hydrogen) atoms. The average Bonchev–Trinajstić information content (AvgIpc) is 3.07. The molecular weight excluding hydrogens is 372 g/mol. The second kappa shape index (κ2) is 10.1. The van der Waals surface area contributed by atoms with Gasteiger partial charge in [-0.15, -0.1) is 10.2 Å². The lowest BCUT2D eigenvalue weighted by atomic mass is 10.2. The Morgan fingerprint density at radius 3 is 2.62 bits per heavy atom. The number of ether oxygens (including phenoxy) is 1. The van der Waals surface area contributed by atoms with Gasteiger partial charge >= 0.3 is 5.97 Å². The molecule has 2 rings (SSSR count). The van der Waals surface area contributed by atoms with E-state index in [0.29, 0.717) is 23.8 Å². The van der Waals surface area contributed by atoms with E-state index >= 15 is 0 Å². The zero-order valence-corrected chi connectivity index (χ0v) is 16.6. The van der Waals surface area contributed by atoms with Crippen LogP contribution in [0, 0.1) is 5.92 Å². The van der Waals surface area contributed by atoms with Crippen molar-refractivity contribution in [1.29, 1.82) is 0 Å². The van der Waals surface area contributed by atoms with Crippen molar-refractivity contribution in [3.63, 3.8) is 0 Å². The maximum absolute atomic E-state index is 12.0. The van der Waals surface area contributed by atoms with Crippen LogP contribution in [0.1, 0.15) is 31.1 Å². The van der Waals surface area contributed by atoms with Crippen LogP contribution in [0.4, 0.5) is 10.8 Å². The molecule has 0 bridgehead atoms. The lowest BCUT2D eigenvalue weighted by Crippen LogP contribution is -2.14. The Labute approximate surface area is 160 Å². The van der Waals surface area contributed by atoms with E-state index in [0.717, 1.165) is 16.0 Å². The van der Waals surface area contributed by atoms with Crippen LogP contribution >= 0.6 is 23.1 Å². The van der Waals surface area contributed by atoms with Crippen LogP contribution in [0.25, 0.3) is 0 Å². The molecule has 0 saturated heterocycles. The third-order valence-electron chi connectivity index (χ3n) is 3.07. The normalized spacial score (nSPS) is 10.6. The van der Waals surface area contributed by atoms with E-state index in [9.17, 15) is 9.59 Å². The summed E-state index contributed by atoms with van der Waals surface area (Å²) < 4.78 is 5.66. The van der Waals surface area contributed by atoms with Crippen LogP contribution in [-0.2, 0) is 9.53 Å². The van der Waals surface area contributed by atoms with E-state index in [-0.39, 0.29) is 17.6 Å². The Bertz CT molecular complexity index is 732. The third kappa shape index (κ3) is 6.64. The number of hydrogen-bond acceptors (Lipinski definition) is 8. The Morgan fingerprint density at radius 1 is 1.23 bits per heavy atom. The first-order valence-electron chi connectivity index (χ1n) is 8.25. The minimum absolute atomic E-state index is 0.147. The first-order chi connectivity index (χ1) is 12.5. The highest BCUT2D eigenvalue weighted by atomic mass is 32.2. The van der Waals surface area contributed by atoms with Crippen molar-refractivity contribution < 1.29 is 14.3 Å². The number of anilines is 2. The first-order valence-corrected chi connectivity index (χ1v) is 10.0. The van der Waals surface area contributed by atoms with E-state index in [1.165, 1.54) is 23.1 Å². The fourth-order valence-electron chi connectivity index (χ4n) is 1.86. The molecule has 0 saturated carbocycles. The summed E-state index contributed by atoms with van der Waals surface area (Å²) >= 11 is 2.77. The molecule has 9 heteroatoms. The van der Waals surface area contributed by atoms with Crippen LogP contribution in [0.15, 0.2) is 28.6 Å². The molecule has 1 aromatic heterocycles. The molecule has 7 nitrogen and oxygen atoms in total. The maximum atomic E-state index is 12.0. The monoisotopic (exact) mass is 394 g/mol. The molecule has 0 aliphatic rings. The summed E-state index contributed by atoms with van der Waals surface area (Å²) in [5.41, 5.74) is 1.08. The van der Waals surface area contributed by atoms with Crippen molar-refractivity contribution in [3.05, 3.63) is 29.8 Å². The fourth-order valence-corrected chi connectivity index (χ4v) is 3.42. The first kappa shape index (κ1) is 20.2. The van der Waals surface area contributed by atoms with Crippen molar-refractivity contribution in [2.24, 2.45) is 5.92 Å². The van der Waals surface area contributed by atoms with Gasteiger partial charge in [-0.1, -0.05) is 36.9 Å². The number of esters is 1. The van der Waals surface area contributed by atoms with Gasteiger partial charge in [-0.2, -0.15) is 0 Å². The molecule has 0 unspecified atom stereocenters. The summed E-state index contributed by atoms with van der Waals surface area (Å²) in [4.78, 5) is 23.6. The standard InChI is InChI=1S/C17H22N4O3S2/c1-4-24-15(23)12-5-7-13(8-6-12)19-14(22)10-25-17-21-20-16(26-17)18-9-11(2)3/h5-8,11H,4,9-10H2,1-3H3,(H,18,20)(H,19,22). The molecule has 140 valence electrons. The number of carbonyl (C=O) groups is 2. The Balaban J connectivity index is 1.79. The number of rotatable bonds is 9. The number of aromatic nitrogens is 2. The van der Waals surface area contributed by atoms with E-state index in [1.807, 2.05) is 0 Å². The number of nitrogens with one attached hydrogen (secondary N) is 2. The van der Waals surface area contributed by atoms with Gasteiger partial charge in [-0.05, 0) is 37.1 Å². The van der Waals surface area contributed by atoms with Crippen molar-refractivity contribution in [1.82, 2.24) is 10.2 Å². The molecule has 0 aliphatic heterocycles.